The van der Waals surface area contributed by atoms with Crippen LogP contribution in [0.4, 0.5) is 10.5 Å². The number of anilines is 1. The first-order valence-electron chi connectivity index (χ1n) is 12.5. The summed E-state index contributed by atoms with van der Waals surface area (Å²) in [5, 5.41) is 3.37. The summed E-state index contributed by atoms with van der Waals surface area (Å²) in [5.41, 5.74) is 2.66. The molecular formula is C28H30ClN5O4. The maximum Gasteiger partial charge on any atom is 0.322 e. The number of nitrogens with one attached hydrogen (secondary N) is 1. The molecule has 38 heavy (non-hydrogen) atoms. The van der Waals surface area contributed by atoms with Gasteiger partial charge in [0.25, 0.3) is 5.91 Å². The van der Waals surface area contributed by atoms with Gasteiger partial charge in [0.2, 0.25) is 5.91 Å². The Bertz CT molecular complexity index is 1300. The largest absolute Gasteiger partial charge is 0.495 e. The van der Waals surface area contributed by atoms with Gasteiger partial charge in [0, 0.05) is 37.7 Å². The standard InChI is InChI=1S/C28H30ClN5O4/c1-3-12-34-22-17-33(27(36)25(22)26(30-28(34)37)19-8-4-5-9-20(19)29)18-24(35)32-15-13-31(14-16-32)21-10-6-7-11-23(21)38-2/h3-11,26H,1,12-18H2,2H3,(H,30,37). The minimum Gasteiger partial charge on any atom is -0.495 e. The van der Waals surface area contributed by atoms with E-state index in [0.717, 1.165) is 11.4 Å². The van der Waals surface area contributed by atoms with E-state index < -0.39 is 6.04 Å². The molecular weight excluding hydrogens is 506 g/mol. The van der Waals surface area contributed by atoms with Crippen LogP contribution in [0.15, 0.2) is 72.5 Å². The van der Waals surface area contributed by atoms with E-state index in [1.54, 1.807) is 36.3 Å². The van der Waals surface area contributed by atoms with Crippen molar-refractivity contribution >= 4 is 35.1 Å². The SMILES string of the molecule is C=CCN1C(=O)NC(c2ccccc2Cl)C2=C1CN(CC(=O)N1CCN(c3ccccc3OC)CC1)C2=O. The molecule has 1 saturated heterocycles. The van der Waals surface area contributed by atoms with E-state index in [-0.39, 0.29) is 37.5 Å². The Morgan fingerprint density at radius 3 is 2.53 bits per heavy atom. The highest BCUT2D eigenvalue weighted by atomic mass is 35.5. The van der Waals surface area contributed by atoms with Gasteiger partial charge >= 0.3 is 6.03 Å². The number of carbonyl (C=O) groups is 3. The number of benzene rings is 2. The molecule has 3 heterocycles. The Hall–Kier alpha value is -3.98. The third kappa shape index (κ3) is 4.69. The molecule has 3 aliphatic heterocycles. The molecule has 1 unspecified atom stereocenters. The van der Waals surface area contributed by atoms with Gasteiger partial charge < -0.3 is 24.8 Å². The van der Waals surface area contributed by atoms with Crippen LogP contribution >= 0.6 is 11.6 Å². The number of halogens is 1. The number of hydrogen-bond acceptors (Lipinski definition) is 5. The minimum atomic E-state index is -0.690. The van der Waals surface area contributed by atoms with Crippen molar-refractivity contribution in [1.29, 1.82) is 0 Å². The van der Waals surface area contributed by atoms with Crippen molar-refractivity contribution in [1.82, 2.24) is 20.0 Å². The predicted octanol–water partition coefficient (Wildman–Crippen LogP) is 3.05. The van der Waals surface area contributed by atoms with Gasteiger partial charge in [-0.2, -0.15) is 0 Å². The highest BCUT2D eigenvalue weighted by Crippen LogP contribution is 2.38. The molecule has 0 aliphatic carbocycles. The molecule has 3 aliphatic rings. The van der Waals surface area contributed by atoms with Gasteiger partial charge in [-0.15, -0.1) is 6.58 Å². The van der Waals surface area contributed by atoms with Crippen LogP contribution in [-0.2, 0) is 9.59 Å². The number of urea groups is 1. The maximum atomic E-state index is 13.6. The minimum absolute atomic E-state index is 0.0636. The summed E-state index contributed by atoms with van der Waals surface area (Å²) in [6, 6.07) is 13.9. The Morgan fingerprint density at radius 1 is 1.11 bits per heavy atom. The number of para-hydroxylation sites is 2. The van der Waals surface area contributed by atoms with Crippen molar-refractivity contribution in [3.8, 4) is 5.75 Å². The van der Waals surface area contributed by atoms with E-state index >= 15 is 0 Å². The first-order valence-corrected chi connectivity index (χ1v) is 12.9. The van der Waals surface area contributed by atoms with E-state index in [1.807, 2.05) is 30.3 Å². The van der Waals surface area contributed by atoms with Crippen molar-refractivity contribution in [3.63, 3.8) is 0 Å². The quantitative estimate of drug-likeness (QED) is 0.551. The highest BCUT2D eigenvalue weighted by molar-refractivity contribution is 6.31. The monoisotopic (exact) mass is 535 g/mol. The molecule has 0 spiro atoms. The lowest BCUT2D eigenvalue weighted by atomic mass is 9.95. The van der Waals surface area contributed by atoms with Crippen LogP contribution in [0, 0.1) is 0 Å². The maximum absolute atomic E-state index is 13.6. The van der Waals surface area contributed by atoms with E-state index in [1.165, 1.54) is 9.80 Å². The fourth-order valence-electron chi connectivity index (χ4n) is 5.29. The molecule has 9 nitrogen and oxygen atoms in total. The topological polar surface area (TPSA) is 85.4 Å². The summed E-state index contributed by atoms with van der Waals surface area (Å²) in [6.07, 6.45) is 1.61. The van der Waals surface area contributed by atoms with Crippen LogP contribution in [0.2, 0.25) is 5.02 Å². The Labute approximate surface area is 226 Å². The van der Waals surface area contributed by atoms with Crippen LogP contribution in [-0.4, -0.2) is 85.5 Å². The molecule has 0 saturated carbocycles. The lowest BCUT2D eigenvalue weighted by Crippen LogP contribution is -2.51. The lowest BCUT2D eigenvalue weighted by Gasteiger charge is -2.37. The van der Waals surface area contributed by atoms with Crippen molar-refractivity contribution in [2.24, 2.45) is 0 Å². The lowest BCUT2D eigenvalue weighted by molar-refractivity contribution is -0.137. The first kappa shape index (κ1) is 25.7. The van der Waals surface area contributed by atoms with Gasteiger partial charge in [0.1, 0.15) is 12.3 Å². The zero-order chi connectivity index (χ0) is 26.8. The first-order chi connectivity index (χ1) is 18.4. The Morgan fingerprint density at radius 2 is 1.82 bits per heavy atom. The fraction of sp³-hybridized carbons (Fsp3) is 0.321. The summed E-state index contributed by atoms with van der Waals surface area (Å²) in [4.78, 5) is 46.9. The van der Waals surface area contributed by atoms with Gasteiger partial charge in [-0.05, 0) is 23.8 Å². The van der Waals surface area contributed by atoms with Gasteiger partial charge in [-0.25, -0.2) is 4.79 Å². The molecule has 0 bridgehead atoms. The van der Waals surface area contributed by atoms with E-state index in [9.17, 15) is 14.4 Å². The zero-order valence-electron chi connectivity index (χ0n) is 21.2. The third-order valence-corrected chi connectivity index (χ3v) is 7.55. The average Bonchev–Trinajstić information content (AvgIpc) is 3.26. The van der Waals surface area contributed by atoms with Gasteiger partial charge in [-0.1, -0.05) is 48.0 Å². The number of nitrogens with zero attached hydrogens (tertiary/aromatic N) is 4. The molecule has 1 N–H and O–H groups in total. The number of ether oxygens (including phenoxy) is 1. The fourth-order valence-corrected chi connectivity index (χ4v) is 5.54. The summed E-state index contributed by atoms with van der Waals surface area (Å²) >= 11 is 6.44. The second-order valence-electron chi connectivity index (χ2n) is 9.36. The molecule has 0 aromatic heterocycles. The van der Waals surface area contributed by atoms with E-state index in [4.69, 9.17) is 16.3 Å². The summed E-state index contributed by atoms with van der Waals surface area (Å²) < 4.78 is 5.48. The van der Waals surface area contributed by atoms with Crippen LogP contribution < -0.4 is 15.0 Å². The molecule has 2 aromatic rings. The van der Waals surface area contributed by atoms with Gasteiger partial charge in [-0.3, -0.25) is 14.5 Å². The van der Waals surface area contributed by atoms with Gasteiger partial charge in [0.05, 0.1) is 36.7 Å². The third-order valence-electron chi connectivity index (χ3n) is 7.21. The van der Waals surface area contributed by atoms with E-state index in [2.05, 4.69) is 16.8 Å². The van der Waals surface area contributed by atoms with E-state index in [0.29, 0.717) is 48.0 Å². The smallest absolute Gasteiger partial charge is 0.322 e. The summed E-state index contributed by atoms with van der Waals surface area (Å²) in [5.74, 6) is 0.397. The van der Waals surface area contributed by atoms with Crippen molar-refractivity contribution in [2.75, 3.05) is 57.8 Å². The average molecular weight is 536 g/mol. The molecule has 1 fully saturated rings. The summed E-state index contributed by atoms with van der Waals surface area (Å²) in [7, 11) is 1.65. The predicted molar refractivity (Wildman–Crippen MR) is 145 cm³/mol. The second-order valence-corrected chi connectivity index (χ2v) is 9.77. The van der Waals surface area contributed by atoms with Gasteiger partial charge in [0.15, 0.2) is 0 Å². The Balaban J connectivity index is 1.30. The van der Waals surface area contributed by atoms with Crippen molar-refractivity contribution < 1.29 is 19.1 Å². The summed E-state index contributed by atoms with van der Waals surface area (Å²) in [6.45, 7) is 6.50. The van der Waals surface area contributed by atoms with Crippen LogP contribution in [0.25, 0.3) is 0 Å². The number of hydrogen-bond donors (Lipinski definition) is 1. The van der Waals surface area contributed by atoms with Crippen molar-refractivity contribution in [2.45, 2.75) is 6.04 Å². The van der Waals surface area contributed by atoms with Crippen LogP contribution in [0.3, 0.4) is 0 Å². The number of piperazine rings is 1. The molecule has 1 atom stereocenters. The van der Waals surface area contributed by atoms with Crippen molar-refractivity contribution in [3.05, 3.63) is 83.0 Å². The number of rotatable bonds is 7. The van der Waals surface area contributed by atoms with Crippen LogP contribution in [0.1, 0.15) is 11.6 Å². The molecule has 10 heteroatoms. The highest BCUT2D eigenvalue weighted by Gasteiger charge is 2.45. The molecule has 2 aromatic carbocycles. The number of carbonyl (C=O) groups excluding carboxylic acids is 3. The zero-order valence-corrected chi connectivity index (χ0v) is 22.0. The number of methoxy groups -OCH3 is 1. The molecule has 4 amide bonds. The molecule has 0 radical (unpaired) electrons. The Kier molecular flexibility index (Phi) is 7.28. The molecule has 198 valence electrons. The number of amides is 4. The second kappa shape index (κ2) is 10.8. The molecule has 5 rings (SSSR count). The normalized spacial score (nSPS) is 19.5. The van der Waals surface area contributed by atoms with Crippen LogP contribution in [0.5, 0.6) is 5.75 Å².